The van der Waals surface area contributed by atoms with Gasteiger partial charge in [-0.15, -0.1) is 0 Å². The lowest BCUT2D eigenvalue weighted by molar-refractivity contribution is 0.0682. The van der Waals surface area contributed by atoms with Crippen LogP contribution in [0.1, 0.15) is 68.7 Å². The Bertz CT molecular complexity index is 1430. The molecule has 4 rings (SSSR count). The van der Waals surface area contributed by atoms with Crippen LogP contribution in [0.4, 0.5) is 0 Å². The Balaban J connectivity index is 1.28. The number of carboxylic acids is 2. The number of carboxylic acid groups (broad SMARTS) is 2. The van der Waals surface area contributed by atoms with Gasteiger partial charge in [-0.3, -0.25) is 9.80 Å². The zero-order valence-electron chi connectivity index (χ0n) is 26.2. The molecule has 0 aliphatic heterocycles. The second-order valence-electron chi connectivity index (χ2n) is 11.8. The van der Waals surface area contributed by atoms with Crippen molar-refractivity contribution in [3.63, 3.8) is 0 Å². The number of aromatic carboxylic acids is 2. The highest BCUT2D eigenvalue weighted by atomic mass is 16.4. The van der Waals surface area contributed by atoms with E-state index in [9.17, 15) is 30.0 Å². The Labute approximate surface area is 271 Å². The number of benzene rings is 4. The highest BCUT2D eigenvalue weighted by Gasteiger charge is 2.14. The summed E-state index contributed by atoms with van der Waals surface area (Å²) in [6.07, 6.45) is 5.66. The van der Waals surface area contributed by atoms with Crippen molar-refractivity contribution in [3.05, 3.63) is 130 Å². The Kier molecular flexibility index (Phi) is 13.2. The lowest BCUT2D eigenvalue weighted by Crippen LogP contribution is -2.27. The van der Waals surface area contributed by atoms with E-state index in [-0.39, 0.29) is 22.6 Å². The molecular weight excluding hydrogens is 580 g/mol. The molecule has 0 atom stereocenters. The molecule has 0 fully saturated rings. The Morgan fingerprint density at radius 1 is 0.478 bits per heavy atom. The first-order valence-corrected chi connectivity index (χ1v) is 15.9. The summed E-state index contributed by atoms with van der Waals surface area (Å²) in [5, 5.41) is 38.5. The van der Waals surface area contributed by atoms with Gasteiger partial charge in [0.2, 0.25) is 0 Å². The minimum Gasteiger partial charge on any atom is -0.507 e. The van der Waals surface area contributed by atoms with Gasteiger partial charge in [-0.2, -0.15) is 0 Å². The summed E-state index contributed by atoms with van der Waals surface area (Å²) < 4.78 is 0. The van der Waals surface area contributed by atoms with Gasteiger partial charge >= 0.3 is 11.9 Å². The number of nitrogens with zero attached hydrogens (tertiary/aromatic N) is 2. The SMILES string of the molecule is O=C(O)c1cc(CCN(CCCCCCN(CCc2ccc(O)c(C(=O)O)c2)Cc2ccccc2)Cc2ccccc2)ccc1O. The monoisotopic (exact) mass is 624 g/mol. The molecule has 0 aromatic heterocycles. The summed E-state index contributed by atoms with van der Waals surface area (Å²) in [4.78, 5) is 27.7. The summed E-state index contributed by atoms with van der Waals surface area (Å²) in [5.74, 6) is -2.69. The molecule has 0 saturated carbocycles. The molecule has 0 heterocycles. The summed E-state index contributed by atoms with van der Waals surface area (Å²) >= 11 is 0. The van der Waals surface area contributed by atoms with E-state index in [0.717, 1.165) is 76.1 Å². The molecule has 8 nitrogen and oxygen atoms in total. The molecule has 0 radical (unpaired) electrons. The molecule has 0 saturated heterocycles. The van der Waals surface area contributed by atoms with Crippen LogP contribution in [0.15, 0.2) is 97.1 Å². The largest absolute Gasteiger partial charge is 0.507 e. The third kappa shape index (κ3) is 11.1. The fourth-order valence-corrected chi connectivity index (χ4v) is 5.64. The Hall–Kier alpha value is -4.66. The summed E-state index contributed by atoms with van der Waals surface area (Å²) in [7, 11) is 0. The maximum Gasteiger partial charge on any atom is 0.339 e. The molecular formula is C38H44N2O6. The minimum atomic E-state index is -1.13. The van der Waals surface area contributed by atoms with Gasteiger partial charge < -0.3 is 20.4 Å². The van der Waals surface area contributed by atoms with Gasteiger partial charge in [0.25, 0.3) is 0 Å². The van der Waals surface area contributed by atoms with Gasteiger partial charge in [0.05, 0.1) is 0 Å². The molecule has 0 unspecified atom stereocenters. The molecule has 0 amide bonds. The van der Waals surface area contributed by atoms with Crippen molar-refractivity contribution < 1.29 is 30.0 Å². The highest BCUT2D eigenvalue weighted by Crippen LogP contribution is 2.21. The molecule has 8 heteroatoms. The average molecular weight is 625 g/mol. The lowest BCUT2D eigenvalue weighted by atomic mass is 10.1. The van der Waals surface area contributed by atoms with Gasteiger partial charge in [0, 0.05) is 26.2 Å². The normalized spacial score (nSPS) is 11.3. The molecule has 4 N–H and O–H groups in total. The van der Waals surface area contributed by atoms with E-state index in [1.807, 2.05) is 36.4 Å². The van der Waals surface area contributed by atoms with Crippen LogP contribution in [0.25, 0.3) is 0 Å². The topological polar surface area (TPSA) is 122 Å². The third-order valence-corrected chi connectivity index (χ3v) is 8.21. The van der Waals surface area contributed by atoms with Crippen molar-refractivity contribution in [3.8, 4) is 11.5 Å². The summed E-state index contributed by atoms with van der Waals surface area (Å²) in [6.45, 7) is 5.06. The number of unbranched alkanes of at least 4 members (excludes halogenated alkanes) is 3. The first kappa shape index (κ1) is 34.2. The van der Waals surface area contributed by atoms with Crippen molar-refractivity contribution in [2.24, 2.45) is 0 Å². The molecule has 0 bridgehead atoms. The number of phenols is 2. The van der Waals surface area contributed by atoms with Crippen molar-refractivity contribution in [1.29, 1.82) is 0 Å². The quantitative estimate of drug-likeness (QED) is 0.0837. The van der Waals surface area contributed by atoms with Crippen LogP contribution < -0.4 is 0 Å². The second-order valence-corrected chi connectivity index (χ2v) is 11.8. The van der Waals surface area contributed by atoms with E-state index < -0.39 is 11.9 Å². The summed E-state index contributed by atoms with van der Waals surface area (Å²) in [5.41, 5.74) is 4.11. The van der Waals surface area contributed by atoms with Gasteiger partial charge in [-0.05, 0) is 85.3 Å². The zero-order chi connectivity index (χ0) is 32.7. The number of hydrogen-bond acceptors (Lipinski definition) is 6. The van der Waals surface area contributed by atoms with E-state index >= 15 is 0 Å². The van der Waals surface area contributed by atoms with Crippen LogP contribution in [0.3, 0.4) is 0 Å². The van der Waals surface area contributed by atoms with Gasteiger partial charge in [0.15, 0.2) is 0 Å². The smallest absolute Gasteiger partial charge is 0.339 e. The fraction of sp³-hybridized carbons (Fsp3) is 0.316. The van der Waals surface area contributed by atoms with Crippen molar-refractivity contribution in [2.45, 2.75) is 51.6 Å². The van der Waals surface area contributed by atoms with Gasteiger partial charge in [-0.1, -0.05) is 85.6 Å². The molecule has 0 aliphatic rings. The number of hydrogen-bond donors (Lipinski definition) is 4. The van der Waals surface area contributed by atoms with Crippen molar-refractivity contribution in [2.75, 3.05) is 26.2 Å². The van der Waals surface area contributed by atoms with Crippen LogP contribution in [0.5, 0.6) is 11.5 Å². The fourth-order valence-electron chi connectivity index (χ4n) is 5.64. The highest BCUT2D eigenvalue weighted by molar-refractivity contribution is 5.91. The second kappa shape index (κ2) is 17.7. The van der Waals surface area contributed by atoms with Gasteiger partial charge in [0.1, 0.15) is 22.6 Å². The van der Waals surface area contributed by atoms with Crippen molar-refractivity contribution >= 4 is 11.9 Å². The van der Waals surface area contributed by atoms with E-state index in [2.05, 4.69) is 34.1 Å². The number of rotatable bonds is 19. The Morgan fingerprint density at radius 2 is 0.870 bits per heavy atom. The molecule has 4 aromatic rings. The molecule has 242 valence electrons. The van der Waals surface area contributed by atoms with Crippen LogP contribution >= 0.6 is 0 Å². The standard InChI is InChI=1S/C38H44N2O6/c41-35-17-15-29(25-33(35)37(43)44)19-23-39(27-31-11-5-3-6-12-31)21-9-1-2-10-22-40(28-32-13-7-4-8-14-32)24-20-30-16-18-36(42)34(26-30)38(45)46/h3-8,11-18,25-26,41-42H,1-2,9-10,19-24,27-28H2,(H,43,44)(H,45,46). The van der Waals surface area contributed by atoms with E-state index in [1.165, 1.54) is 23.3 Å². The van der Waals surface area contributed by atoms with Crippen LogP contribution in [-0.2, 0) is 25.9 Å². The minimum absolute atomic E-state index is 0.0681. The first-order chi connectivity index (χ1) is 22.3. The van der Waals surface area contributed by atoms with E-state index in [1.54, 1.807) is 24.3 Å². The average Bonchev–Trinajstić information content (AvgIpc) is 3.05. The molecule has 46 heavy (non-hydrogen) atoms. The summed E-state index contributed by atoms with van der Waals surface area (Å²) in [6, 6.07) is 30.3. The van der Waals surface area contributed by atoms with E-state index in [0.29, 0.717) is 12.8 Å². The lowest BCUT2D eigenvalue weighted by Gasteiger charge is -2.24. The predicted octanol–water partition coefficient (Wildman–Crippen LogP) is 6.84. The zero-order valence-corrected chi connectivity index (χ0v) is 26.2. The maximum atomic E-state index is 11.5. The van der Waals surface area contributed by atoms with Crippen LogP contribution in [0.2, 0.25) is 0 Å². The molecule has 4 aromatic carbocycles. The number of carbonyl (C=O) groups is 2. The third-order valence-electron chi connectivity index (χ3n) is 8.21. The van der Waals surface area contributed by atoms with Crippen LogP contribution in [0, 0.1) is 0 Å². The molecule has 0 spiro atoms. The van der Waals surface area contributed by atoms with E-state index in [4.69, 9.17) is 0 Å². The van der Waals surface area contributed by atoms with Crippen LogP contribution in [-0.4, -0.2) is 68.3 Å². The predicted molar refractivity (Wildman–Crippen MR) is 179 cm³/mol. The van der Waals surface area contributed by atoms with Gasteiger partial charge in [-0.25, -0.2) is 9.59 Å². The van der Waals surface area contributed by atoms with Crippen molar-refractivity contribution in [1.82, 2.24) is 9.80 Å². The number of aromatic hydroxyl groups is 2. The molecule has 0 aliphatic carbocycles. The Morgan fingerprint density at radius 3 is 1.24 bits per heavy atom. The first-order valence-electron chi connectivity index (χ1n) is 15.9. The maximum absolute atomic E-state index is 11.5.